The van der Waals surface area contributed by atoms with E-state index in [4.69, 9.17) is 0 Å². The maximum Gasteiger partial charge on any atom is 0.282 e. The third-order valence-corrected chi connectivity index (χ3v) is 3.58. The van der Waals surface area contributed by atoms with Gasteiger partial charge in [0.2, 0.25) is 0 Å². The molecule has 0 spiro atoms. The maximum atomic E-state index is 12.2. The number of carbonyl (C=O) groups excluding carboxylic acids is 1. The van der Waals surface area contributed by atoms with Gasteiger partial charge in [-0.1, -0.05) is 35.8 Å². The molecule has 1 unspecified atom stereocenters. The largest absolute Gasteiger partial charge is 0.348 e. The fraction of sp³-hybridized carbons (Fsp3) is 0.462. The maximum absolute atomic E-state index is 12.2. The van der Waals surface area contributed by atoms with Crippen molar-refractivity contribution in [3.8, 4) is 0 Å². The van der Waals surface area contributed by atoms with Crippen molar-refractivity contribution in [1.82, 2.24) is 5.32 Å². The zero-order valence-electron chi connectivity index (χ0n) is 11.1. The van der Waals surface area contributed by atoms with E-state index in [1.54, 1.807) is 19.1 Å². The Bertz CT molecular complexity index is 489. The molecule has 0 heterocycles. The van der Waals surface area contributed by atoms with Crippen LogP contribution in [-0.4, -0.2) is 22.2 Å². The second kappa shape index (κ2) is 6.65. The highest BCUT2D eigenvalue weighted by Gasteiger charge is 2.23. The zero-order valence-corrected chi connectivity index (χ0v) is 12.7. The summed E-state index contributed by atoms with van der Waals surface area (Å²) < 4.78 is 0. The molecule has 1 N–H and O–H groups in total. The smallest absolute Gasteiger partial charge is 0.282 e. The molecule has 1 aromatic rings. The van der Waals surface area contributed by atoms with Crippen LogP contribution < -0.4 is 5.32 Å². The number of hydrogen-bond acceptors (Lipinski definition) is 3. The zero-order chi connectivity index (χ0) is 14.6. The predicted molar refractivity (Wildman–Crippen MR) is 77.7 cm³/mol. The van der Waals surface area contributed by atoms with Gasteiger partial charge in [-0.3, -0.25) is 14.9 Å². The fourth-order valence-electron chi connectivity index (χ4n) is 1.62. The summed E-state index contributed by atoms with van der Waals surface area (Å²) in [7, 11) is 0. The molecule has 0 aliphatic rings. The number of amides is 1. The Kier molecular flexibility index (Phi) is 5.47. The number of benzene rings is 1. The van der Waals surface area contributed by atoms with Gasteiger partial charge in [0.05, 0.1) is 4.92 Å². The molecule has 19 heavy (non-hydrogen) atoms. The molecule has 1 rings (SSSR count). The van der Waals surface area contributed by atoms with E-state index in [2.05, 4.69) is 21.2 Å². The highest BCUT2D eigenvalue weighted by atomic mass is 79.9. The highest BCUT2D eigenvalue weighted by molar-refractivity contribution is 9.09. The summed E-state index contributed by atoms with van der Waals surface area (Å²) in [4.78, 5) is 22.6. The van der Waals surface area contributed by atoms with Gasteiger partial charge >= 0.3 is 0 Å². The molecular weight excluding hydrogens is 312 g/mol. The molecule has 1 amide bonds. The van der Waals surface area contributed by atoms with Crippen LogP contribution in [-0.2, 0) is 0 Å². The summed E-state index contributed by atoms with van der Waals surface area (Å²) >= 11 is 3.33. The van der Waals surface area contributed by atoms with Crippen LogP contribution in [0.1, 0.15) is 29.8 Å². The molecule has 1 aromatic carbocycles. The van der Waals surface area contributed by atoms with Crippen LogP contribution in [0.5, 0.6) is 0 Å². The van der Waals surface area contributed by atoms with E-state index in [9.17, 15) is 14.9 Å². The SMILES string of the molecule is Cc1ccc([N+](=O)[O-])c(C(=O)NC(CBr)C(C)C)c1. The molecule has 0 fully saturated rings. The molecule has 0 saturated carbocycles. The number of rotatable bonds is 5. The van der Waals surface area contributed by atoms with Crippen LogP contribution in [0, 0.1) is 23.0 Å². The monoisotopic (exact) mass is 328 g/mol. The molecule has 0 saturated heterocycles. The summed E-state index contributed by atoms with van der Waals surface area (Å²) in [5.74, 6) is -0.166. The van der Waals surface area contributed by atoms with Gasteiger partial charge in [0.1, 0.15) is 5.56 Å². The van der Waals surface area contributed by atoms with Gasteiger partial charge in [-0.2, -0.15) is 0 Å². The quantitative estimate of drug-likeness (QED) is 0.513. The normalized spacial score (nSPS) is 12.3. The van der Waals surface area contributed by atoms with Crippen molar-refractivity contribution in [3.63, 3.8) is 0 Å². The predicted octanol–water partition coefficient (Wildman–Crippen LogP) is 3.05. The standard InChI is InChI=1S/C13H17BrN2O3/c1-8(2)11(7-14)15-13(17)10-6-9(3)4-5-12(10)16(18)19/h4-6,8,11H,7H2,1-3H3,(H,15,17). The van der Waals surface area contributed by atoms with Gasteiger partial charge < -0.3 is 5.32 Å². The second-order valence-electron chi connectivity index (χ2n) is 4.76. The minimum Gasteiger partial charge on any atom is -0.348 e. The first-order valence-electron chi connectivity index (χ1n) is 5.98. The van der Waals surface area contributed by atoms with E-state index < -0.39 is 10.8 Å². The van der Waals surface area contributed by atoms with Crippen LogP contribution in [0.15, 0.2) is 18.2 Å². The molecule has 6 heteroatoms. The van der Waals surface area contributed by atoms with Crippen molar-refractivity contribution in [3.05, 3.63) is 39.4 Å². The van der Waals surface area contributed by atoms with E-state index in [0.717, 1.165) is 5.56 Å². The third-order valence-electron chi connectivity index (χ3n) is 2.88. The van der Waals surface area contributed by atoms with Crippen molar-refractivity contribution in [2.24, 2.45) is 5.92 Å². The van der Waals surface area contributed by atoms with Crippen LogP contribution >= 0.6 is 15.9 Å². The summed E-state index contributed by atoms with van der Waals surface area (Å²) in [6, 6.07) is 4.47. The van der Waals surface area contributed by atoms with Crippen molar-refractivity contribution >= 4 is 27.5 Å². The summed E-state index contributed by atoms with van der Waals surface area (Å²) in [5, 5.41) is 14.4. The second-order valence-corrected chi connectivity index (χ2v) is 5.40. The molecule has 1 atom stereocenters. The van der Waals surface area contributed by atoms with E-state index in [1.807, 2.05) is 13.8 Å². The average molecular weight is 329 g/mol. The Balaban J connectivity index is 3.05. The molecule has 104 valence electrons. The number of halogens is 1. The van der Waals surface area contributed by atoms with Gasteiger partial charge in [0.25, 0.3) is 11.6 Å². The number of nitro benzene ring substituents is 1. The summed E-state index contributed by atoms with van der Waals surface area (Å²) in [6.07, 6.45) is 0. The molecule has 0 bridgehead atoms. The molecule has 0 aliphatic heterocycles. The van der Waals surface area contributed by atoms with E-state index >= 15 is 0 Å². The summed E-state index contributed by atoms with van der Waals surface area (Å²) in [5.41, 5.74) is 0.757. The minimum absolute atomic E-state index is 0.0624. The van der Waals surface area contributed by atoms with Crippen LogP contribution in [0.2, 0.25) is 0 Å². The van der Waals surface area contributed by atoms with Crippen LogP contribution in [0.4, 0.5) is 5.69 Å². The number of nitro groups is 1. The number of nitrogens with one attached hydrogen (secondary N) is 1. The van der Waals surface area contributed by atoms with E-state index in [0.29, 0.717) is 5.33 Å². The minimum atomic E-state index is -0.535. The Morgan fingerprint density at radius 1 is 1.47 bits per heavy atom. The topological polar surface area (TPSA) is 72.2 Å². The van der Waals surface area contributed by atoms with Crippen molar-refractivity contribution in [1.29, 1.82) is 0 Å². The van der Waals surface area contributed by atoms with Gasteiger partial charge in [-0.25, -0.2) is 0 Å². The Labute approximate surface area is 120 Å². The first-order valence-corrected chi connectivity index (χ1v) is 7.10. The number of carbonyl (C=O) groups is 1. The lowest BCUT2D eigenvalue weighted by Crippen LogP contribution is -2.40. The molecule has 0 aliphatic carbocycles. The average Bonchev–Trinajstić information content (AvgIpc) is 2.34. The van der Waals surface area contributed by atoms with Gasteiger partial charge in [0, 0.05) is 17.4 Å². The Morgan fingerprint density at radius 2 is 2.11 bits per heavy atom. The number of hydrogen-bond donors (Lipinski definition) is 1. The third kappa shape index (κ3) is 4.02. The van der Waals surface area contributed by atoms with Gasteiger partial charge in [-0.15, -0.1) is 0 Å². The highest BCUT2D eigenvalue weighted by Crippen LogP contribution is 2.20. The van der Waals surface area contributed by atoms with Gasteiger partial charge in [-0.05, 0) is 24.5 Å². The first kappa shape index (κ1) is 15.6. The van der Waals surface area contributed by atoms with Crippen molar-refractivity contribution in [2.45, 2.75) is 26.8 Å². The lowest BCUT2D eigenvalue weighted by Gasteiger charge is -2.19. The molecule has 0 radical (unpaired) electrons. The van der Waals surface area contributed by atoms with Crippen LogP contribution in [0.25, 0.3) is 0 Å². The Morgan fingerprint density at radius 3 is 2.58 bits per heavy atom. The van der Waals surface area contributed by atoms with Crippen molar-refractivity contribution in [2.75, 3.05) is 5.33 Å². The number of alkyl halides is 1. The summed E-state index contributed by atoms with van der Waals surface area (Å²) in [6.45, 7) is 5.76. The molecular formula is C13H17BrN2O3. The van der Waals surface area contributed by atoms with Gasteiger partial charge in [0.15, 0.2) is 0 Å². The lowest BCUT2D eigenvalue weighted by atomic mass is 10.0. The van der Waals surface area contributed by atoms with E-state index in [1.165, 1.54) is 6.07 Å². The fourth-order valence-corrected chi connectivity index (χ4v) is 2.53. The molecule has 0 aromatic heterocycles. The van der Waals surface area contributed by atoms with Crippen molar-refractivity contribution < 1.29 is 9.72 Å². The number of aryl methyl sites for hydroxylation is 1. The van der Waals surface area contributed by atoms with Crippen LogP contribution in [0.3, 0.4) is 0 Å². The molecule has 5 nitrogen and oxygen atoms in total. The Hall–Kier alpha value is -1.43. The number of nitrogens with zero attached hydrogens (tertiary/aromatic N) is 1. The first-order chi connectivity index (χ1) is 8.86. The van der Waals surface area contributed by atoms with E-state index in [-0.39, 0.29) is 23.2 Å². The lowest BCUT2D eigenvalue weighted by molar-refractivity contribution is -0.385.